The Morgan fingerprint density at radius 3 is 2.53 bits per heavy atom. The Morgan fingerprint density at radius 2 is 1.77 bits per heavy atom. The van der Waals surface area contributed by atoms with Crippen LogP contribution in [0.3, 0.4) is 0 Å². The van der Waals surface area contributed by atoms with Crippen LogP contribution in [-0.2, 0) is 6.61 Å². The van der Waals surface area contributed by atoms with Crippen molar-refractivity contribution < 1.29 is 23.5 Å². The van der Waals surface area contributed by atoms with Crippen LogP contribution >= 0.6 is 0 Å². The molecular weight excluding hydrogens is 385 g/mol. The summed E-state index contributed by atoms with van der Waals surface area (Å²) in [5.74, 6) is 1.14. The summed E-state index contributed by atoms with van der Waals surface area (Å²) in [6, 6.07) is 18.8. The summed E-state index contributed by atoms with van der Waals surface area (Å²) in [5.41, 5.74) is 3.13. The number of aryl methyl sites for hydroxylation is 1. The Morgan fingerprint density at radius 1 is 1.00 bits per heavy atom. The number of rotatable bonds is 6. The second kappa shape index (κ2) is 8.29. The van der Waals surface area contributed by atoms with Gasteiger partial charge in [0, 0.05) is 17.2 Å². The Kier molecular flexibility index (Phi) is 5.39. The van der Waals surface area contributed by atoms with Crippen molar-refractivity contribution in [2.24, 2.45) is 0 Å². The van der Waals surface area contributed by atoms with Crippen molar-refractivity contribution in [2.45, 2.75) is 13.5 Å². The van der Waals surface area contributed by atoms with Crippen LogP contribution in [0.5, 0.6) is 17.2 Å². The molecule has 0 saturated carbocycles. The van der Waals surface area contributed by atoms with Crippen molar-refractivity contribution in [1.29, 1.82) is 0 Å². The van der Waals surface area contributed by atoms with E-state index in [4.69, 9.17) is 14.0 Å². The molecule has 0 unspecified atom stereocenters. The number of aromatic hydroxyl groups is 1. The smallest absolute Gasteiger partial charge is 0.178 e. The van der Waals surface area contributed by atoms with Crippen molar-refractivity contribution in [2.75, 3.05) is 7.11 Å². The van der Waals surface area contributed by atoms with E-state index in [1.165, 1.54) is 12.1 Å². The van der Waals surface area contributed by atoms with Gasteiger partial charge in [0.25, 0.3) is 0 Å². The van der Waals surface area contributed by atoms with Crippen molar-refractivity contribution in [3.05, 3.63) is 83.8 Å². The Labute approximate surface area is 173 Å². The van der Waals surface area contributed by atoms with Gasteiger partial charge in [0.15, 0.2) is 5.76 Å². The van der Waals surface area contributed by atoms with Crippen molar-refractivity contribution in [3.63, 3.8) is 0 Å². The van der Waals surface area contributed by atoms with Crippen LogP contribution in [0.2, 0.25) is 0 Å². The minimum atomic E-state index is -0.336. The highest BCUT2D eigenvalue weighted by Gasteiger charge is 2.22. The van der Waals surface area contributed by atoms with Gasteiger partial charge in [-0.15, -0.1) is 0 Å². The molecule has 3 aromatic carbocycles. The van der Waals surface area contributed by atoms with E-state index in [1.54, 1.807) is 37.4 Å². The first kappa shape index (κ1) is 19.5. The maximum absolute atomic E-state index is 13.8. The first-order chi connectivity index (χ1) is 14.6. The van der Waals surface area contributed by atoms with Gasteiger partial charge in [-0.05, 0) is 31.2 Å². The van der Waals surface area contributed by atoms with E-state index in [2.05, 4.69) is 5.16 Å². The zero-order chi connectivity index (χ0) is 21.1. The molecule has 0 aliphatic rings. The highest BCUT2D eigenvalue weighted by molar-refractivity contribution is 5.86. The van der Waals surface area contributed by atoms with Gasteiger partial charge in [-0.2, -0.15) is 0 Å². The number of benzene rings is 3. The third kappa shape index (κ3) is 3.72. The summed E-state index contributed by atoms with van der Waals surface area (Å²) in [4.78, 5) is 0. The molecule has 1 N–H and O–H groups in total. The molecule has 0 saturated heterocycles. The van der Waals surface area contributed by atoms with Crippen LogP contribution in [0.1, 0.15) is 11.3 Å². The van der Waals surface area contributed by atoms with Gasteiger partial charge in [-0.3, -0.25) is 0 Å². The summed E-state index contributed by atoms with van der Waals surface area (Å²) in [7, 11) is 1.60. The largest absolute Gasteiger partial charge is 0.507 e. The lowest BCUT2D eigenvalue weighted by atomic mass is 9.98. The van der Waals surface area contributed by atoms with Crippen LogP contribution in [0, 0.1) is 12.7 Å². The number of para-hydroxylation sites is 1. The average molecular weight is 405 g/mol. The van der Waals surface area contributed by atoms with Crippen molar-refractivity contribution >= 4 is 0 Å². The Balaban J connectivity index is 1.65. The average Bonchev–Trinajstić information content (AvgIpc) is 3.14. The minimum Gasteiger partial charge on any atom is -0.507 e. The Hall–Kier alpha value is -3.80. The lowest BCUT2D eigenvalue weighted by Gasteiger charge is -2.11. The number of aromatic nitrogens is 1. The Bertz CT molecular complexity index is 1190. The van der Waals surface area contributed by atoms with Crippen LogP contribution in [0.25, 0.3) is 22.5 Å². The van der Waals surface area contributed by atoms with Gasteiger partial charge in [0.2, 0.25) is 0 Å². The summed E-state index contributed by atoms with van der Waals surface area (Å²) < 4.78 is 30.4. The highest BCUT2D eigenvalue weighted by atomic mass is 19.1. The number of phenolic OH excluding ortho intramolecular Hbond substituents is 1. The third-order valence-electron chi connectivity index (χ3n) is 4.81. The van der Waals surface area contributed by atoms with E-state index in [1.807, 2.05) is 31.2 Å². The number of halogens is 1. The summed E-state index contributed by atoms with van der Waals surface area (Å²) in [6.07, 6.45) is 0. The van der Waals surface area contributed by atoms with E-state index in [9.17, 15) is 9.50 Å². The number of hydrogen-bond donors (Lipinski definition) is 1. The molecule has 0 amide bonds. The number of nitrogens with zero attached hydrogens (tertiary/aromatic N) is 1. The molecule has 5 nitrogen and oxygen atoms in total. The minimum absolute atomic E-state index is 0.0340. The van der Waals surface area contributed by atoms with E-state index >= 15 is 0 Å². The van der Waals surface area contributed by atoms with E-state index in [-0.39, 0.29) is 18.2 Å². The van der Waals surface area contributed by atoms with Gasteiger partial charge < -0.3 is 19.1 Å². The molecule has 0 radical (unpaired) electrons. The van der Waals surface area contributed by atoms with Crippen molar-refractivity contribution in [3.8, 4) is 39.7 Å². The highest BCUT2D eigenvalue weighted by Crippen LogP contribution is 2.42. The van der Waals surface area contributed by atoms with Gasteiger partial charge in [-0.25, -0.2) is 4.39 Å². The zero-order valence-electron chi connectivity index (χ0n) is 16.6. The molecule has 0 bridgehead atoms. The zero-order valence-corrected chi connectivity index (χ0v) is 16.6. The number of ether oxygens (including phenoxy) is 2. The molecule has 6 heteroatoms. The van der Waals surface area contributed by atoms with Gasteiger partial charge in [0.05, 0.1) is 23.9 Å². The van der Waals surface area contributed by atoms with Crippen molar-refractivity contribution in [1.82, 2.24) is 5.16 Å². The molecule has 1 heterocycles. The molecule has 30 heavy (non-hydrogen) atoms. The van der Waals surface area contributed by atoms with E-state index in [0.717, 1.165) is 11.1 Å². The number of methoxy groups -OCH3 is 1. The normalized spacial score (nSPS) is 10.8. The SMILES string of the molecule is COc1ccccc1-c1c(C)noc1-c1ccc(OCc2ccccc2F)cc1O. The molecule has 1 aromatic heterocycles. The number of hydrogen-bond acceptors (Lipinski definition) is 5. The van der Waals surface area contributed by atoms with E-state index < -0.39 is 0 Å². The van der Waals surface area contributed by atoms with Gasteiger partial charge in [-0.1, -0.05) is 41.6 Å². The maximum atomic E-state index is 13.8. The monoisotopic (exact) mass is 405 g/mol. The quantitative estimate of drug-likeness (QED) is 0.443. The number of phenols is 1. The molecule has 0 aliphatic carbocycles. The lowest BCUT2D eigenvalue weighted by Crippen LogP contribution is -1.98. The fourth-order valence-electron chi connectivity index (χ4n) is 3.29. The summed E-state index contributed by atoms with van der Waals surface area (Å²) >= 11 is 0. The molecule has 4 rings (SSSR count). The summed E-state index contributed by atoms with van der Waals surface area (Å²) in [6.45, 7) is 1.89. The second-order valence-electron chi connectivity index (χ2n) is 6.73. The van der Waals surface area contributed by atoms with Crippen LogP contribution in [-0.4, -0.2) is 17.4 Å². The van der Waals surface area contributed by atoms with Crippen LogP contribution in [0.15, 0.2) is 71.3 Å². The first-order valence-corrected chi connectivity index (χ1v) is 9.37. The molecule has 152 valence electrons. The fraction of sp³-hybridized carbons (Fsp3) is 0.125. The van der Waals surface area contributed by atoms with Crippen LogP contribution < -0.4 is 9.47 Å². The van der Waals surface area contributed by atoms with E-state index in [0.29, 0.717) is 34.1 Å². The third-order valence-corrected chi connectivity index (χ3v) is 4.81. The van der Waals surface area contributed by atoms with Gasteiger partial charge in [0.1, 0.15) is 29.7 Å². The molecule has 0 atom stereocenters. The van der Waals surface area contributed by atoms with Gasteiger partial charge >= 0.3 is 0 Å². The maximum Gasteiger partial charge on any atom is 0.178 e. The summed E-state index contributed by atoms with van der Waals surface area (Å²) in [5, 5.41) is 14.7. The first-order valence-electron chi connectivity index (χ1n) is 9.37. The predicted molar refractivity (Wildman–Crippen MR) is 111 cm³/mol. The van der Waals surface area contributed by atoms with Crippen LogP contribution in [0.4, 0.5) is 4.39 Å². The standard InChI is InChI=1S/C24H20FNO4/c1-15-23(19-8-4-6-10-22(19)28-2)24(30-26-15)18-12-11-17(13-21(18)27)29-14-16-7-3-5-9-20(16)25/h3-13,27H,14H2,1-2H3. The molecular formula is C24H20FNO4. The molecule has 0 aliphatic heterocycles. The topological polar surface area (TPSA) is 64.7 Å². The second-order valence-corrected chi connectivity index (χ2v) is 6.73. The fourth-order valence-corrected chi connectivity index (χ4v) is 3.29. The molecule has 4 aromatic rings. The molecule has 0 fully saturated rings. The predicted octanol–water partition coefficient (Wildman–Crippen LogP) is 5.75. The lowest BCUT2D eigenvalue weighted by molar-refractivity contribution is 0.298. The molecule has 0 spiro atoms.